The average Bonchev–Trinajstić information content (AvgIpc) is 2.52. The molecule has 0 radical (unpaired) electrons. The Morgan fingerprint density at radius 3 is 1.92 bits per heavy atom. The minimum absolute atomic E-state index is 0.105. The predicted octanol–water partition coefficient (Wildman–Crippen LogP) is 5.11. The quantitative estimate of drug-likeness (QED) is 0.501. The highest BCUT2D eigenvalue weighted by molar-refractivity contribution is 8.24. The van der Waals surface area contributed by atoms with Crippen LogP contribution in [0.25, 0.3) is 0 Å². The van der Waals surface area contributed by atoms with Crippen molar-refractivity contribution in [2.24, 2.45) is 0 Å². The number of nitrogens with one attached hydrogen (secondary N) is 1. The highest BCUT2D eigenvalue weighted by Crippen LogP contribution is 2.61. The standard InChI is InChI=1S/C6H6ClFN2.C6H7FN2O.Cl3OP/c1-2-4-5(8)6(7)10-3-9-4;1-2-4-5(7)6(10)9-3-8-4;1-5(2,3)4/h3H,2H2,1H3;3H,2H2,1H3,(H,8,9,10);. The summed E-state index contributed by atoms with van der Waals surface area (Å²) < 4.78 is 34.9. The van der Waals surface area contributed by atoms with Crippen LogP contribution in [0.15, 0.2) is 17.4 Å². The summed E-state index contributed by atoms with van der Waals surface area (Å²) in [6.45, 7) is 3.55. The van der Waals surface area contributed by atoms with E-state index in [1.807, 2.05) is 6.92 Å². The lowest BCUT2D eigenvalue weighted by Crippen LogP contribution is -2.14. The topological polar surface area (TPSA) is 88.6 Å². The summed E-state index contributed by atoms with van der Waals surface area (Å²) in [5.74, 6) is -1.28. The molecular weight excluding hydrogens is 443 g/mol. The molecule has 2 aromatic heterocycles. The minimum atomic E-state index is -3.22. The zero-order chi connectivity index (χ0) is 19.6. The summed E-state index contributed by atoms with van der Waals surface area (Å²) in [4.78, 5) is 23.4. The van der Waals surface area contributed by atoms with Crippen LogP contribution in [0.3, 0.4) is 0 Å². The summed E-state index contributed by atoms with van der Waals surface area (Å²) in [5, 5.41) is -3.33. The van der Waals surface area contributed by atoms with Crippen molar-refractivity contribution in [2.75, 3.05) is 0 Å². The van der Waals surface area contributed by atoms with Crippen molar-refractivity contribution in [1.29, 1.82) is 0 Å². The smallest absolute Gasteiger partial charge is 0.311 e. The van der Waals surface area contributed by atoms with Crippen molar-refractivity contribution < 1.29 is 13.3 Å². The molecule has 25 heavy (non-hydrogen) atoms. The molecule has 2 heterocycles. The molecule has 2 rings (SSSR count). The number of hydrogen-bond donors (Lipinski definition) is 1. The molecule has 0 aliphatic rings. The number of nitrogens with zero attached hydrogens (tertiary/aromatic N) is 3. The van der Waals surface area contributed by atoms with Gasteiger partial charge in [-0.1, -0.05) is 25.4 Å². The highest BCUT2D eigenvalue weighted by Gasteiger charge is 2.05. The Kier molecular flexibility index (Phi) is 11.4. The third-order valence-electron chi connectivity index (χ3n) is 2.36. The first kappa shape index (κ1) is 24.2. The molecule has 0 atom stereocenters. The van der Waals surface area contributed by atoms with Crippen LogP contribution in [0.1, 0.15) is 25.2 Å². The van der Waals surface area contributed by atoms with Crippen LogP contribution in [-0.4, -0.2) is 19.9 Å². The molecule has 0 amide bonds. The second kappa shape index (κ2) is 11.8. The van der Waals surface area contributed by atoms with E-state index in [1.54, 1.807) is 6.92 Å². The maximum Gasteiger partial charge on any atom is 0.339 e. The molecule has 0 aromatic carbocycles. The summed E-state index contributed by atoms with van der Waals surface area (Å²) in [6, 6.07) is 0. The number of aromatic nitrogens is 4. The number of aromatic amines is 1. The van der Waals surface area contributed by atoms with Gasteiger partial charge in [-0.25, -0.2) is 19.3 Å². The second-order valence-electron chi connectivity index (χ2n) is 4.02. The molecule has 0 unspecified atom stereocenters. The van der Waals surface area contributed by atoms with E-state index in [4.69, 9.17) is 11.6 Å². The lowest BCUT2D eigenvalue weighted by Gasteiger charge is -1.96. The van der Waals surface area contributed by atoms with Crippen LogP contribution >= 0.6 is 50.5 Å². The minimum Gasteiger partial charge on any atom is -0.311 e. The number of hydrogen-bond acceptors (Lipinski definition) is 5. The predicted molar refractivity (Wildman–Crippen MR) is 95.7 cm³/mol. The Morgan fingerprint density at radius 1 is 1.04 bits per heavy atom. The van der Waals surface area contributed by atoms with Gasteiger partial charge in [0.25, 0.3) is 5.56 Å². The Morgan fingerprint density at radius 2 is 1.52 bits per heavy atom. The van der Waals surface area contributed by atoms with E-state index in [0.29, 0.717) is 18.5 Å². The third kappa shape index (κ3) is 10.7. The van der Waals surface area contributed by atoms with Gasteiger partial charge >= 0.3 is 5.20 Å². The van der Waals surface area contributed by atoms with E-state index in [9.17, 15) is 18.1 Å². The van der Waals surface area contributed by atoms with Gasteiger partial charge in [-0.05, 0) is 46.6 Å². The molecular formula is C12H13Cl4F2N4O2P. The van der Waals surface area contributed by atoms with Gasteiger partial charge in [-0.3, -0.25) is 9.36 Å². The van der Waals surface area contributed by atoms with Gasteiger partial charge in [-0.15, -0.1) is 0 Å². The maximum absolute atomic E-state index is 12.7. The fourth-order valence-corrected chi connectivity index (χ4v) is 1.45. The van der Waals surface area contributed by atoms with E-state index in [2.05, 4.69) is 53.7 Å². The van der Waals surface area contributed by atoms with Crippen molar-refractivity contribution in [3.8, 4) is 0 Å². The number of halogens is 6. The van der Waals surface area contributed by atoms with Crippen LogP contribution in [0, 0.1) is 11.6 Å². The molecule has 6 nitrogen and oxygen atoms in total. The number of H-pyrrole nitrogens is 1. The van der Waals surface area contributed by atoms with Crippen molar-refractivity contribution >= 4 is 50.5 Å². The lowest BCUT2D eigenvalue weighted by atomic mass is 10.3. The SMILES string of the molecule is CCc1nc[nH]c(=O)c1F.CCc1ncnc(Cl)c1F.O=P(Cl)(Cl)Cl. The Hall–Kier alpha value is -0.790. The summed E-state index contributed by atoms with van der Waals surface area (Å²) in [6.07, 6.45) is 3.43. The molecule has 0 fully saturated rings. The molecule has 1 N–H and O–H groups in total. The maximum atomic E-state index is 12.7. The van der Waals surface area contributed by atoms with E-state index in [0.717, 1.165) is 0 Å². The van der Waals surface area contributed by atoms with Crippen molar-refractivity contribution in [1.82, 2.24) is 19.9 Å². The zero-order valence-corrected chi connectivity index (χ0v) is 16.9. The van der Waals surface area contributed by atoms with Crippen LogP contribution in [0.4, 0.5) is 8.78 Å². The molecule has 0 bridgehead atoms. The van der Waals surface area contributed by atoms with Crippen molar-refractivity contribution in [2.45, 2.75) is 26.7 Å². The summed E-state index contributed by atoms with van der Waals surface area (Å²) in [5.41, 5.74) is -0.129. The lowest BCUT2D eigenvalue weighted by molar-refractivity contribution is 0.580. The second-order valence-corrected chi connectivity index (χ2v) is 11.0. The van der Waals surface area contributed by atoms with Gasteiger partial charge in [-0.2, -0.15) is 4.39 Å². The van der Waals surface area contributed by atoms with Gasteiger partial charge < -0.3 is 4.98 Å². The van der Waals surface area contributed by atoms with E-state index in [-0.39, 0.29) is 10.8 Å². The first-order chi connectivity index (χ1) is 11.5. The van der Waals surface area contributed by atoms with E-state index < -0.39 is 22.4 Å². The zero-order valence-electron chi connectivity index (χ0n) is 12.9. The van der Waals surface area contributed by atoms with Gasteiger partial charge in [0.15, 0.2) is 11.0 Å². The van der Waals surface area contributed by atoms with E-state index >= 15 is 0 Å². The van der Waals surface area contributed by atoms with Gasteiger partial charge in [0.2, 0.25) is 5.82 Å². The largest absolute Gasteiger partial charge is 0.339 e. The highest BCUT2D eigenvalue weighted by atomic mass is 36.0. The summed E-state index contributed by atoms with van der Waals surface area (Å²) >= 11 is 19.2. The average molecular weight is 456 g/mol. The Balaban J connectivity index is 0.000000368. The monoisotopic (exact) mass is 454 g/mol. The molecule has 13 heteroatoms. The molecule has 2 aromatic rings. The normalized spacial score (nSPS) is 10.2. The molecule has 0 spiro atoms. The van der Waals surface area contributed by atoms with Gasteiger partial charge in [0.05, 0.1) is 17.7 Å². The molecule has 0 aliphatic heterocycles. The third-order valence-corrected chi connectivity index (χ3v) is 2.62. The molecule has 0 aliphatic carbocycles. The fourth-order valence-electron chi connectivity index (χ4n) is 1.29. The first-order valence-electron chi connectivity index (χ1n) is 6.57. The van der Waals surface area contributed by atoms with Gasteiger partial charge in [0.1, 0.15) is 6.33 Å². The first-order valence-corrected chi connectivity index (χ1v) is 11.4. The molecule has 140 valence electrons. The van der Waals surface area contributed by atoms with Crippen LogP contribution in [0.2, 0.25) is 5.15 Å². The van der Waals surface area contributed by atoms with E-state index in [1.165, 1.54) is 12.7 Å². The fraction of sp³-hybridized carbons (Fsp3) is 0.333. The van der Waals surface area contributed by atoms with Crippen molar-refractivity contribution in [3.05, 3.63) is 51.2 Å². The van der Waals surface area contributed by atoms with Crippen LogP contribution < -0.4 is 5.56 Å². The van der Waals surface area contributed by atoms with Gasteiger partial charge in [0, 0.05) is 0 Å². The number of aryl methyl sites for hydroxylation is 2. The van der Waals surface area contributed by atoms with Crippen LogP contribution in [-0.2, 0) is 17.4 Å². The molecule has 0 saturated carbocycles. The summed E-state index contributed by atoms with van der Waals surface area (Å²) in [7, 11) is 0. The van der Waals surface area contributed by atoms with Crippen LogP contribution in [0.5, 0.6) is 0 Å². The Labute approximate surface area is 161 Å². The van der Waals surface area contributed by atoms with Crippen molar-refractivity contribution in [3.63, 3.8) is 0 Å². The molecule has 0 saturated heterocycles. The number of rotatable bonds is 2. The Bertz CT molecular complexity index is 780.